The lowest BCUT2D eigenvalue weighted by molar-refractivity contribution is 0.731. The Bertz CT molecular complexity index is 673. The summed E-state index contributed by atoms with van der Waals surface area (Å²) in [6, 6.07) is 16.7. The molecule has 0 spiro atoms. The van der Waals surface area contributed by atoms with Gasteiger partial charge in [0, 0.05) is 19.0 Å². The van der Waals surface area contributed by atoms with Crippen LogP contribution in [0.4, 0.5) is 5.69 Å². The Morgan fingerprint density at radius 1 is 1.15 bits per heavy atom. The molecule has 3 rings (SSSR count). The van der Waals surface area contributed by atoms with Gasteiger partial charge in [0.15, 0.2) is 0 Å². The van der Waals surface area contributed by atoms with Gasteiger partial charge < -0.3 is 4.90 Å². The summed E-state index contributed by atoms with van der Waals surface area (Å²) in [5.41, 5.74) is 5.48. The first-order valence-electron chi connectivity index (χ1n) is 6.72. The van der Waals surface area contributed by atoms with Gasteiger partial charge in [0.25, 0.3) is 0 Å². The second-order valence-corrected chi connectivity index (χ2v) is 5.30. The largest absolute Gasteiger partial charge is 0.366 e. The molecule has 0 saturated heterocycles. The molecule has 0 bridgehead atoms. The molecule has 100 valence electrons. The van der Waals surface area contributed by atoms with Crippen LogP contribution in [0.1, 0.15) is 22.3 Å². The highest BCUT2D eigenvalue weighted by atomic mass is 35.5. The highest BCUT2D eigenvalue weighted by molar-refractivity contribution is 6.17. The number of rotatable bonds is 2. The third-order valence-corrected chi connectivity index (χ3v) is 4.12. The summed E-state index contributed by atoms with van der Waals surface area (Å²) in [4.78, 5) is 2.28. The smallest absolute Gasteiger partial charge is 0.101 e. The molecule has 1 aliphatic heterocycles. The van der Waals surface area contributed by atoms with Gasteiger partial charge in [0.05, 0.1) is 11.3 Å². The minimum absolute atomic E-state index is 0.442. The van der Waals surface area contributed by atoms with E-state index in [1.54, 1.807) is 0 Å². The van der Waals surface area contributed by atoms with Crippen LogP contribution in [0, 0.1) is 11.3 Å². The second-order valence-electron chi connectivity index (χ2n) is 5.04. The average molecular weight is 283 g/mol. The number of anilines is 1. The summed E-state index contributed by atoms with van der Waals surface area (Å²) < 4.78 is 0. The molecule has 0 saturated carbocycles. The van der Waals surface area contributed by atoms with Gasteiger partial charge in [-0.05, 0) is 35.2 Å². The maximum absolute atomic E-state index is 9.34. The van der Waals surface area contributed by atoms with Crippen LogP contribution in [0.15, 0.2) is 42.5 Å². The van der Waals surface area contributed by atoms with E-state index < -0.39 is 0 Å². The van der Waals surface area contributed by atoms with Crippen molar-refractivity contribution in [2.24, 2.45) is 0 Å². The van der Waals surface area contributed by atoms with Crippen LogP contribution in [0.5, 0.6) is 0 Å². The molecule has 0 radical (unpaired) electrons. The standard InChI is InChI=1S/C17H15ClN2/c18-10-13-5-6-17(16(9-13)11-19)20-8-7-14-3-1-2-4-15(14)12-20/h1-6,9H,7-8,10,12H2. The Labute approximate surface area is 124 Å². The number of nitriles is 1. The summed E-state index contributed by atoms with van der Waals surface area (Å²) >= 11 is 5.84. The Morgan fingerprint density at radius 2 is 1.95 bits per heavy atom. The van der Waals surface area contributed by atoms with Crippen molar-refractivity contribution in [1.82, 2.24) is 0 Å². The van der Waals surface area contributed by atoms with Crippen molar-refractivity contribution < 1.29 is 0 Å². The predicted octanol–water partition coefficient (Wildman–Crippen LogP) is 3.86. The van der Waals surface area contributed by atoms with Crippen molar-refractivity contribution in [2.75, 3.05) is 11.4 Å². The lowest BCUT2D eigenvalue weighted by atomic mass is 9.98. The normalized spacial score (nSPS) is 13.7. The van der Waals surface area contributed by atoms with Gasteiger partial charge >= 0.3 is 0 Å². The van der Waals surface area contributed by atoms with Crippen molar-refractivity contribution in [3.05, 3.63) is 64.7 Å². The van der Waals surface area contributed by atoms with E-state index in [0.29, 0.717) is 11.4 Å². The fraction of sp³-hybridized carbons (Fsp3) is 0.235. The third-order valence-electron chi connectivity index (χ3n) is 3.81. The number of fused-ring (bicyclic) bond motifs is 1. The van der Waals surface area contributed by atoms with E-state index in [0.717, 1.165) is 30.8 Å². The molecular formula is C17H15ClN2. The molecule has 0 unspecified atom stereocenters. The molecule has 1 heterocycles. The van der Waals surface area contributed by atoms with E-state index >= 15 is 0 Å². The predicted molar refractivity (Wildman–Crippen MR) is 81.9 cm³/mol. The number of nitrogens with zero attached hydrogens (tertiary/aromatic N) is 2. The highest BCUT2D eigenvalue weighted by Crippen LogP contribution is 2.28. The summed E-state index contributed by atoms with van der Waals surface area (Å²) in [6.45, 7) is 1.82. The van der Waals surface area contributed by atoms with Crippen LogP contribution in [0.3, 0.4) is 0 Å². The molecular weight excluding hydrogens is 268 g/mol. The van der Waals surface area contributed by atoms with Gasteiger partial charge in [0.2, 0.25) is 0 Å². The first-order valence-corrected chi connectivity index (χ1v) is 7.26. The van der Waals surface area contributed by atoms with Crippen LogP contribution in [-0.2, 0) is 18.8 Å². The minimum atomic E-state index is 0.442. The maximum atomic E-state index is 9.34. The zero-order valence-corrected chi connectivity index (χ0v) is 11.9. The van der Waals surface area contributed by atoms with Crippen LogP contribution >= 0.6 is 11.6 Å². The van der Waals surface area contributed by atoms with Gasteiger partial charge in [-0.1, -0.05) is 30.3 Å². The summed E-state index contributed by atoms with van der Waals surface area (Å²) in [7, 11) is 0. The van der Waals surface area contributed by atoms with Crippen LogP contribution < -0.4 is 4.90 Å². The Morgan fingerprint density at radius 3 is 2.70 bits per heavy atom. The first-order chi connectivity index (χ1) is 9.81. The fourth-order valence-corrected chi connectivity index (χ4v) is 2.90. The lowest BCUT2D eigenvalue weighted by Gasteiger charge is -2.31. The van der Waals surface area contributed by atoms with Crippen LogP contribution in [0.2, 0.25) is 0 Å². The molecule has 1 aliphatic rings. The Balaban J connectivity index is 1.94. The molecule has 0 fully saturated rings. The zero-order chi connectivity index (χ0) is 13.9. The van der Waals surface area contributed by atoms with Gasteiger partial charge in [-0.3, -0.25) is 0 Å². The highest BCUT2D eigenvalue weighted by Gasteiger charge is 2.18. The van der Waals surface area contributed by atoms with Gasteiger partial charge in [0.1, 0.15) is 6.07 Å². The molecule has 0 amide bonds. The van der Waals surface area contributed by atoms with Crippen molar-refractivity contribution >= 4 is 17.3 Å². The maximum Gasteiger partial charge on any atom is 0.101 e. The quantitative estimate of drug-likeness (QED) is 0.782. The van der Waals surface area contributed by atoms with Gasteiger partial charge in [-0.2, -0.15) is 5.26 Å². The minimum Gasteiger partial charge on any atom is -0.366 e. The van der Waals surface area contributed by atoms with E-state index in [1.807, 2.05) is 18.2 Å². The summed E-state index contributed by atoms with van der Waals surface area (Å²) in [5, 5.41) is 9.34. The van der Waals surface area contributed by atoms with Crippen molar-refractivity contribution in [2.45, 2.75) is 18.8 Å². The van der Waals surface area contributed by atoms with Crippen LogP contribution in [0.25, 0.3) is 0 Å². The van der Waals surface area contributed by atoms with Crippen LogP contribution in [-0.4, -0.2) is 6.54 Å². The first kappa shape index (κ1) is 13.0. The van der Waals surface area contributed by atoms with Gasteiger partial charge in [-0.25, -0.2) is 0 Å². The molecule has 0 aromatic heterocycles. The number of halogens is 1. The molecule has 2 aromatic rings. The molecule has 0 N–H and O–H groups in total. The fourth-order valence-electron chi connectivity index (χ4n) is 2.73. The molecule has 2 nitrogen and oxygen atoms in total. The number of alkyl halides is 1. The number of hydrogen-bond acceptors (Lipinski definition) is 2. The third kappa shape index (κ3) is 2.37. The SMILES string of the molecule is N#Cc1cc(CCl)ccc1N1CCc2ccccc2C1. The molecule has 2 aromatic carbocycles. The second kappa shape index (κ2) is 5.56. The van der Waals surface area contributed by atoms with Crippen molar-refractivity contribution in [3.63, 3.8) is 0 Å². The topological polar surface area (TPSA) is 27.0 Å². The molecule has 0 atom stereocenters. The zero-order valence-electron chi connectivity index (χ0n) is 11.1. The summed E-state index contributed by atoms with van der Waals surface area (Å²) in [5.74, 6) is 0.442. The van der Waals surface area contributed by atoms with Gasteiger partial charge in [-0.15, -0.1) is 11.6 Å². The molecule has 0 aliphatic carbocycles. The number of hydrogen-bond donors (Lipinski definition) is 0. The lowest BCUT2D eigenvalue weighted by Crippen LogP contribution is -2.30. The van der Waals surface area contributed by atoms with Crippen molar-refractivity contribution in [3.8, 4) is 6.07 Å². The van der Waals surface area contributed by atoms with E-state index in [2.05, 4.69) is 35.2 Å². The van der Waals surface area contributed by atoms with E-state index in [4.69, 9.17) is 11.6 Å². The van der Waals surface area contributed by atoms with E-state index in [9.17, 15) is 5.26 Å². The average Bonchev–Trinajstić information content (AvgIpc) is 2.53. The Hall–Kier alpha value is -1.98. The van der Waals surface area contributed by atoms with Crippen molar-refractivity contribution in [1.29, 1.82) is 5.26 Å². The molecule has 3 heteroatoms. The monoisotopic (exact) mass is 282 g/mol. The summed E-state index contributed by atoms with van der Waals surface area (Å²) in [6.07, 6.45) is 1.03. The van der Waals surface area contributed by atoms with E-state index in [1.165, 1.54) is 11.1 Å². The molecule has 20 heavy (non-hydrogen) atoms. The number of benzene rings is 2. The Kier molecular flexibility index (Phi) is 3.62. The van der Waals surface area contributed by atoms with E-state index in [-0.39, 0.29) is 0 Å².